The molecule has 0 bridgehead atoms. The van der Waals surface area contributed by atoms with Crippen LogP contribution in [0.2, 0.25) is 0 Å². The van der Waals surface area contributed by atoms with Gasteiger partial charge in [0.25, 0.3) is 15.9 Å². The molecule has 1 aliphatic heterocycles. The van der Waals surface area contributed by atoms with Crippen molar-refractivity contribution in [2.45, 2.75) is 44.2 Å². The van der Waals surface area contributed by atoms with Crippen molar-refractivity contribution in [3.8, 4) is 0 Å². The number of carbonyl (C=O) groups excluding carboxylic acids is 1. The zero-order valence-electron chi connectivity index (χ0n) is 15.4. The summed E-state index contributed by atoms with van der Waals surface area (Å²) in [7, 11) is -2.24. The number of rotatable bonds is 6. The van der Waals surface area contributed by atoms with E-state index in [-0.39, 0.29) is 15.9 Å². The van der Waals surface area contributed by atoms with Gasteiger partial charge in [0.05, 0.1) is 4.90 Å². The van der Waals surface area contributed by atoms with E-state index in [2.05, 4.69) is 14.9 Å². The lowest BCUT2D eigenvalue weighted by Gasteiger charge is -2.31. The van der Waals surface area contributed by atoms with Crippen LogP contribution in [-0.2, 0) is 32.5 Å². The number of amides is 1. The fraction of sp³-hybridized carbons (Fsp3) is 0.471. The highest BCUT2D eigenvalue weighted by molar-refractivity contribution is 7.93. The molecule has 0 spiro atoms. The van der Waals surface area contributed by atoms with E-state index in [1.54, 1.807) is 24.0 Å². The molecule has 0 saturated carbocycles. The summed E-state index contributed by atoms with van der Waals surface area (Å²) in [4.78, 5) is 14.4. The number of methoxy groups -OCH3 is 1. The van der Waals surface area contributed by atoms with E-state index in [0.29, 0.717) is 30.9 Å². The van der Waals surface area contributed by atoms with Crippen LogP contribution in [0.3, 0.4) is 0 Å². The van der Waals surface area contributed by atoms with Crippen molar-refractivity contribution in [3.63, 3.8) is 0 Å². The molecule has 8 nitrogen and oxygen atoms in total. The molecule has 146 valence electrons. The molecule has 1 aliphatic rings. The summed E-state index contributed by atoms with van der Waals surface area (Å²) in [6.07, 6.45) is 0.809. The van der Waals surface area contributed by atoms with Gasteiger partial charge in [0.2, 0.25) is 5.13 Å². The molecule has 1 aromatic carbocycles. The number of hydrogen-bond donors (Lipinski definition) is 1. The molecule has 27 heavy (non-hydrogen) atoms. The first-order valence-corrected chi connectivity index (χ1v) is 10.9. The minimum absolute atomic E-state index is 0.0682. The summed E-state index contributed by atoms with van der Waals surface area (Å²) in [5.74, 6) is -0.0682. The lowest BCUT2D eigenvalue weighted by Crippen LogP contribution is -2.42. The highest BCUT2D eigenvalue weighted by Crippen LogP contribution is 2.25. The number of hydrogen-bond acceptors (Lipinski definition) is 7. The Balaban J connectivity index is 1.82. The van der Waals surface area contributed by atoms with Crippen LogP contribution in [0.15, 0.2) is 23.1 Å². The first kappa shape index (κ1) is 19.7. The third-order valence-electron chi connectivity index (χ3n) is 4.49. The Morgan fingerprint density at radius 3 is 2.78 bits per heavy atom. The monoisotopic (exact) mass is 410 g/mol. The van der Waals surface area contributed by atoms with Crippen molar-refractivity contribution in [2.75, 3.05) is 18.4 Å². The van der Waals surface area contributed by atoms with Crippen LogP contribution in [0.25, 0.3) is 0 Å². The molecule has 2 heterocycles. The molecule has 1 aromatic heterocycles. The van der Waals surface area contributed by atoms with Crippen LogP contribution < -0.4 is 4.72 Å². The Bertz CT molecular complexity index is 938. The van der Waals surface area contributed by atoms with Crippen LogP contribution in [0.5, 0.6) is 0 Å². The van der Waals surface area contributed by atoms with Crippen LogP contribution in [0.1, 0.15) is 29.5 Å². The lowest BCUT2D eigenvalue weighted by molar-refractivity contribution is -0.143. The van der Waals surface area contributed by atoms with Crippen LogP contribution in [0, 0.1) is 6.92 Å². The normalized spacial score (nSPS) is 15.3. The molecule has 3 rings (SSSR count). The summed E-state index contributed by atoms with van der Waals surface area (Å²) in [5.41, 5.74) is 1.88. The maximum Gasteiger partial charge on any atom is 0.263 e. The van der Waals surface area contributed by atoms with E-state index >= 15 is 0 Å². The standard InChI is InChI=1S/C17H22N4O4S2/c1-4-15(25-3)16(22)21-8-7-12-5-6-14(9-13(12)10-21)27(23,24)20-17-19-18-11(2)26-17/h5-6,9,15H,4,7-8,10H2,1-3H3,(H,19,20). The van der Waals surface area contributed by atoms with Gasteiger partial charge in [-0.1, -0.05) is 24.3 Å². The summed E-state index contributed by atoms with van der Waals surface area (Å²) in [6, 6.07) is 5.01. The van der Waals surface area contributed by atoms with Crippen molar-refractivity contribution in [1.82, 2.24) is 15.1 Å². The fourth-order valence-electron chi connectivity index (χ4n) is 3.05. The maximum absolute atomic E-state index is 12.6. The van der Waals surface area contributed by atoms with E-state index in [9.17, 15) is 13.2 Å². The van der Waals surface area contributed by atoms with Crippen molar-refractivity contribution >= 4 is 32.4 Å². The molecule has 0 saturated heterocycles. The van der Waals surface area contributed by atoms with E-state index in [0.717, 1.165) is 11.1 Å². The van der Waals surface area contributed by atoms with Crippen molar-refractivity contribution in [3.05, 3.63) is 34.3 Å². The smallest absolute Gasteiger partial charge is 0.263 e. The van der Waals surface area contributed by atoms with Gasteiger partial charge < -0.3 is 9.64 Å². The SMILES string of the molecule is CCC(OC)C(=O)N1CCc2ccc(S(=O)(=O)Nc3nnc(C)s3)cc2C1. The Hall–Kier alpha value is -2.04. The van der Waals surface area contributed by atoms with Gasteiger partial charge in [-0.2, -0.15) is 0 Å². The van der Waals surface area contributed by atoms with Gasteiger partial charge in [-0.05, 0) is 43.0 Å². The quantitative estimate of drug-likeness (QED) is 0.781. The van der Waals surface area contributed by atoms with Crippen LogP contribution in [-0.4, -0.2) is 49.2 Å². The zero-order valence-corrected chi connectivity index (χ0v) is 17.1. The first-order valence-electron chi connectivity index (χ1n) is 8.60. The second-order valence-corrected chi connectivity index (χ2v) is 9.17. The highest BCUT2D eigenvalue weighted by Gasteiger charge is 2.27. The summed E-state index contributed by atoms with van der Waals surface area (Å²) in [6.45, 7) is 4.62. The van der Waals surface area contributed by atoms with E-state index in [1.807, 2.05) is 13.0 Å². The largest absolute Gasteiger partial charge is 0.372 e. The van der Waals surface area contributed by atoms with E-state index in [1.165, 1.54) is 18.4 Å². The van der Waals surface area contributed by atoms with E-state index in [4.69, 9.17) is 4.74 Å². The summed E-state index contributed by atoms with van der Waals surface area (Å²) < 4.78 is 33.0. The van der Waals surface area contributed by atoms with Gasteiger partial charge in [0.1, 0.15) is 11.1 Å². The molecule has 0 radical (unpaired) electrons. The minimum Gasteiger partial charge on any atom is -0.372 e. The average Bonchev–Trinajstić information content (AvgIpc) is 3.05. The Morgan fingerprint density at radius 2 is 2.15 bits per heavy atom. The van der Waals surface area contributed by atoms with Gasteiger partial charge in [-0.3, -0.25) is 9.52 Å². The second-order valence-electron chi connectivity index (χ2n) is 6.30. The van der Waals surface area contributed by atoms with Crippen molar-refractivity contribution in [2.24, 2.45) is 0 Å². The third kappa shape index (κ3) is 4.28. The molecule has 0 fully saturated rings. The Kier molecular flexibility index (Phi) is 5.78. The van der Waals surface area contributed by atoms with Crippen molar-refractivity contribution in [1.29, 1.82) is 0 Å². The number of aromatic nitrogens is 2. The topological polar surface area (TPSA) is 101 Å². The minimum atomic E-state index is -3.77. The first-order chi connectivity index (χ1) is 12.8. The number of nitrogens with one attached hydrogen (secondary N) is 1. The molecule has 10 heteroatoms. The Morgan fingerprint density at radius 1 is 1.37 bits per heavy atom. The number of anilines is 1. The number of benzene rings is 1. The summed E-state index contributed by atoms with van der Waals surface area (Å²) >= 11 is 1.17. The fourth-order valence-corrected chi connectivity index (χ4v) is 4.92. The van der Waals surface area contributed by atoms with Gasteiger partial charge >= 0.3 is 0 Å². The summed E-state index contributed by atoms with van der Waals surface area (Å²) in [5, 5.41) is 8.52. The zero-order chi connectivity index (χ0) is 19.6. The van der Waals surface area contributed by atoms with Gasteiger partial charge in [0.15, 0.2) is 0 Å². The van der Waals surface area contributed by atoms with Crippen molar-refractivity contribution < 1.29 is 17.9 Å². The third-order valence-corrected chi connectivity index (χ3v) is 6.71. The molecular weight excluding hydrogens is 388 g/mol. The molecular formula is C17H22N4O4S2. The molecule has 2 aromatic rings. The number of nitrogens with zero attached hydrogens (tertiary/aromatic N) is 3. The molecule has 1 atom stereocenters. The average molecular weight is 411 g/mol. The number of carbonyl (C=O) groups is 1. The maximum atomic E-state index is 12.6. The Labute approximate surface area is 162 Å². The van der Waals surface area contributed by atoms with E-state index < -0.39 is 16.1 Å². The number of ether oxygens (including phenoxy) is 1. The number of sulfonamides is 1. The number of fused-ring (bicyclic) bond motifs is 1. The molecule has 1 N–H and O–H groups in total. The lowest BCUT2D eigenvalue weighted by atomic mass is 9.99. The molecule has 1 unspecified atom stereocenters. The van der Waals surface area contributed by atoms with Crippen LogP contribution >= 0.6 is 11.3 Å². The molecule has 1 amide bonds. The molecule has 0 aliphatic carbocycles. The second kappa shape index (κ2) is 7.91. The highest BCUT2D eigenvalue weighted by atomic mass is 32.2. The predicted molar refractivity (Wildman–Crippen MR) is 102 cm³/mol. The van der Waals surface area contributed by atoms with Gasteiger partial charge in [0, 0.05) is 20.2 Å². The number of aryl methyl sites for hydroxylation is 1. The van der Waals surface area contributed by atoms with Gasteiger partial charge in [-0.25, -0.2) is 8.42 Å². The van der Waals surface area contributed by atoms with Gasteiger partial charge in [-0.15, -0.1) is 10.2 Å². The predicted octanol–water partition coefficient (Wildman–Crippen LogP) is 1.96. The van der Waals surface area contributed by atoms with Crippen LogP contribution in [0.4, 0.5) is 5.13 Å².